The lowest BCUT2D eigenvalue weighted by Gasteiger charge is -2.37. The van der Waals surface area contributed by atoms with E-state index in [9.17, 15) is 21.6 Å². The van der Waals surface area contributed by atoms with Crippen molar-refractivity contribution in [2.45, 2.75) is 29.2 Å². The van der Waals surface area contributed by atoms with E-state index in [1.165, 1.54) is 0 Å². The number of rotatable bonds is 11. The molecule has 0 spiro atoms. The Kier molecular flexibility index (Phi) is 9.76. The van der Waals surface area contributed by atoms with E-state index in [4.69, 9.17) is 0 Å². The monoisotopic (exact) mass is 683 g/mol. The highest BCUT2D eigenvalue weighted by atomic mass is 32.2. The summed E-state index contributed by atoms with van der Waals surface area (Å²) in [5, 5.41) is 4.35. The third-order valence-corrected chi connectivity index (χ3v) is 11.5. The molecule has 1 fully saturated rings. The number of para-hydroxylation sites is 1. The molecular formula is C36H37N5O5S2. The number of sulfone groups is 1. The summed E-state index contributed by atoms with van der Waals surface area (Å²) < 4.78 is 55.7. The molecule has 0 aliphatic carbocycles. The van der Waals surface area contributed by atoms with Gasteiger partial charge in [0.2, 0.25) is 5.91 Å². The van der Waals surface area contributed by atoms with Gasteiger partial charge in [-0.3, -0.25) is 19.8 Å². The minimum atomic E-state index is -3.83. The first-order chi connectivity index (χ1) is 23.1. The van der Waals surface area contributed by atoms with Gasteiger partial charge < -0.3 is 9.80 Å². The number of amides is 1. The Morgan fingerprint density at radius 3 is 2.23 bits per heavy atom. The summed E-state index contributed by atoms with van der Waals surface area (Å²) in [5.41, 5.74) is 3.17. The molecule has 4 aromatic carbocycles. The molecule has 1 aliphatic rings. The standard InChI is InChI=1S/C36H37N5O5S2/c1-27-10-16-32(17-11-27)48(45,46)39-30-14-12-28(13-15-30)24-34(36(42)41-22-20-40(21-23-41)31-7-3-2-4-8-31)38-26-47(43,44)35-9-5-6-29-25-37-19-18-33(29)35/h2-19,25,34,38-39H,20-24,26H2,1H3/t34-/m0/s1. The van der Waals surface area contributed by atoms with Crippen molar-refractivity contribution in [3.8, 4) is 0 Å². The van der Waals surface area contributed by atoms with Gasteiger partial charge in [-0.05, 0) is 67.4 Å². The van der Waals surface area contributed by atoms with Crippen LogP contribution in [0.1, 0.15) is 11.1 Å². The molecule has 0 bridgehead atoms. The minimum Gasteiger partial charge on any atom is -0.368 e. The summed E-state index contributed by atoms with van der Waals surface area (Å²) in [6.45, 7) is 4.18. The Morgan fingerprint density at radius 1 is 0.812 bits per heavy atom. The molecule has 1 atom stereocenters. The number of carbonyl (C=O) groups excluding carboxylic acids is 1. The predicted molar refractivity (Wildman–Crippen MR) is 188 cm³/mol. The van der Waals surface area contributed by atoms with Crippen LogP contribution in [0.5, 0.6) is 0 Å². The summed E-state index contributed by atoms with van der Waals surface area (Å²) in [6.07, 6.45) is 3.38. The number of piperazine rings is 1. The third-order valence-electron chi connectivity index (χ3n) is 8.48. The van der Waals surface area contributed by atoms with Crippen LogP contribution in [0.15, 0.2) is 125 Å². The van der Waals surface area contributed by atoms with Gasteiger partial charge in [-0.1, -0.05) is 60.2 Å². The number of sulfonamides is 1. The lowest BCUT2D eigenvalue weighted by molar-refractivity contribution is -0.133. The topological polar surface area (TPSA) is 129 Å². The Balaban J connectivity index is 1.19. The number of hydrogen-bond acceptors (Lipinski definition) is 8. The Morgan fingerprint density at radius 2 is 1.52 bits per heavy atom. The van der Waals surface area contributed by atoms with Crippen LogP contribution in [-0.4, -0.2) is 70.7 Å². The number of hydrogen-bond donors (Lipinski definition) is 2. The molecule has 0 unspecified atom stereocenters. The number of aromatic nitrogens is 1. The lowest BCUT2D eigenvalue weighted by Crippen LogP contribution is -2.55. The van der Waals surface area contributed by atoms with Crippen molar-refractivity contribution >= 4 is 47.9 Å². The molecule has 10 nitrogen and oxygen atoms in total. The zero-order valence-electron chi connectivity index (χ0n) is 26.5. The van der Waals surface area contributed by atoms with E-state index in [2.05, 4.69) is 19.9 Å². The largest absolute Gasteiger partial charge is 0.368 e. The molecule has 2 N–H and O–H groups in total. The quantitative estimate of drug-likeness (QED) is 0.206. The van der Waals surface area contributed by atoms with Gasteiger partial charge in [0.1, 0.15) is 5.88 Å². The number of nitrogens with zero attached hydrogens (tertiary/aromatic N) is 3. The number of aryl methyl sites for hydroxylation is 1. The van der Waals surface area contributed by atoms with Crippen molar-refractivity contribution in [3.05, 3.63) is 127 Å². The lowest BCUT2D eigenvalue weighted by atomic mass is 10.0. The van der Waals surface area contributed by atoms with Gasteiger partial charge in [-0.25, -0.2) is 16.8 Å². The van der Waals surface area contributed by atoms with Gasteiger partial charge in [-0.15, -0.1) is 0 Å². The van der Waals surface area contributed by atoms with Crippen LogP contribution in [0.4, 0.5) is 11.4 Å². The molecular weight excluding hydrogens is 647 g/mol. The first kappa shape index (κ1) is 33.1. The van der Waals surface area contributed by atoms with Crippen LogP contribution in [-0.2, 0) is 31.1 Å². The maximum absolute atomic E-state index is 14.0. The average molecular weight is 684 g/mol. The van der Waals surface area contributed by atoms with Crippen molar-refractivity contribution in [2.24, 2.45) is 0 Å². The number of anilines is 2. The fraction of sp³-hybridized carbons (Fsp3) is 0.222. The first-order valence-electron chi connectivity index (χ1n) is 15.7. The number of benzene rings is 4. The number of nitrogens with one attached hydrogen (secondary N) is 2. The van der Waals surface area contributed by atoms with Crippen LogP contribution in [0.2, 0.25) is 0 Å². The van der Waals surface area contributed by atoms with Gasteiger partial charge >= 0.3 is 0 Å². The van der Waals surface area contributed by atoms with Crippen LogP contribution < -0.4 is 14.9 Å². The van der Waals surface area contributed by atoms with Crippen molar-refractivity contribution in [1.82, 2.24) is 15.2 Å². The highest BCUT2D eigenvalue weighted by Crippen LogP contribution is 2.24. The molecule has 6 rings (SSSR count). The van der Waals surface area contributed by atoms with Crippen molar-refractivity contribution in [2.75, 3.05) is 41.7 Å². The van der Waals surface area contributed by atoms with Crippen molar-refractivity contribution in [3.63, 3.8) is 0 Å². The third kappa shape index (κ3) is 7.67. The Labute approximate surface area is 281 Å². The van der Waals surface area contributed by atoms with E-state index in [0.717, 1.165) is 16.8 Å². The average Bonchev–Trinajstić information content (AvgIpc) is 3.11. The zero-order chi connectivity index (χ0) is 33.7. The molecule has 0 saturated carbocycles. The molecule has 1 aromatic heterocycles. The SMILES string of the molecule is Cc1ccc(S(=O)(=O)Nc2ccc(C[C@H](NCS(=O)(=O)c3cccc4cnccc34)C(=O)N3CCN(c4ccccc4)CC3)cc2)cc1. The highest BCUT2D eigenvalue weighted by molar-refractivity contribution is 7.92. The highest BCUT2D eigenvalue weighted by Gasteiger charge is 2.30. The summed E-state index contributed by atoms with van der Waals surface area (Å²) in [5.74, 6) is -0.632. The van der Waals surface area contributed by atoms with Crippen molar-refractivity contribution in [1.29, 1.82) is 0 Å². The van der Waals surface area contributed by atoms with E-state index < -0.39 is 31.8 Å². The molecule has 1 aliphatic heterocycles. The van der Waals surface area contributed by atoms with Gasteiger partial charge in [0, 0.05) is 60.7 Å². The van der Waals surface area contributed by atoms with E-state index in [0.29, 0.717) is 42.6 Å². The number of carbonyl (C=O) groups is 1. The first-order valence-corrected chi connectivity index (χ1v) is 18.8. The summed E-state index contributed by atoms with van der Waals surface area (Å²) >= 11 is 0. The molecule has 1 amide bonds. The maximum atomic E-state index is 14.0. The molecule has 12 heteroatoms. The second-order valence-corrected chi connectivity index (χ2v) is 15.5. The minimum absolute atomic E-state index is 0.156. The number of pyridine rings is 1. The number of fused-ring (bicyclic) bond motifs is 1. The Hall–Kier alpha value is -4.78. The predicted octanol–water partition coefficient (Wildman–Crippen LogP) is 4.62. The van der Waals surface area contributed by atoms with Gasteiger partial charge in [-0.2, -0.15) is 0 Å². The second-order valence-electron chi connectivity index (χ2n) is 11.8. The van der Waals surface area contributed by atoms with E-state index in [1.807, 2.05) is 37.3 Å². The fourth-order valence-corrected chi connectivity index (χ4v) is 8.26. The van der Waals surface area contributed by atoms with Crippen LogP contribution >= 0.6 is 0 Å². The Bertz CT molecular complexity index is 2100. The van der Waals surface area contributed by atoms with Crippen LogP contribution in [0.3, 0.4) is 0 Å². The molecule has 48 heavy (non-hydrogen) atoms. The molecule has 248 valence electrons. The van der Waals surface area contributed by atoms with E-state index in [-0.39, 0.29) is 22.1 Å². The smallest absolute Gasteiger partial charge is 0.261 e. The molecule has 1 saturated heterocycles. The van der Waals surface area contributed by atoms with Gasteiger partial charge in [0.05, 0.1) is 15.8 Å². The normalized spacial score (nSPS) is 14.5. The van der Waals surface area contributed by atoms with E-state index in [1.54, 1.807) is 90.1 Å². The summed E-state index contributed by atoms with van der Waals surface area (Å²) in [7, 11) is -7.62. The molecule has 2 heterocycles. The van der Waals surface area contributed by atoms with E-state index >= 15 is 0 Å². The zero-order valence-corrected chi connectivity index (χ0v) is 28.1. The van der Waals surface area contributed by atoms with Gasteiger partial charge in [0.25, 0.3) is 10.0 Å². The van der Waals surface area contributed by atoms with Gasteiger partial charge in [0.15, 0.2) is 9.84 Å². The fourth-order valence-electron chi connectivity index (χ4n) is 5.82. The van der Waals surface area contributed by atoms with Crippen LogP contribution in [0, 0.1) is 6.92 Å². The summed E-state index contributed by atoms with van der Waals surface area (Å²) in [6, 6.07) is 29.3. The second kappa shape index (κ2) is 14.1. The molecule has 5 aromatic rings. The molecule has 0 radical (unpaired) electrons. The van der Waals surface area contributed by atoms with Crippen LogP contribution in [0.25, 0.3) is 10.8 Å². The summed E-state index contributed by atoms with van der Waals surface area (Å²) in [4.78, 5) is 22.4. The van der Waals surface area contributed by atoms with Crippen molar-refractivity contribution < 1.29 is 21.6 Å². The maximum Gasteiger partial charge on any atom is 0.261 e.